The van der Waals surface area contributed by atoms with Crippen LogP contribution in [0.15, 0.2) is 48.7 Å². The van der Waals surface area contributed by atoms with E-state index < -0.39 is 5.97 Å². The minimum atomic E-state index is -0.976. The van der Waals surface area contributed by atoms with Crippen molar-refractivity contribution in [1.29, 1.82) is 0 Å². The van der Waals surface area contributed by atoms with Crippen LogP contribution in [0.1, 0.15) is 10.4 Å². The second-order valence-corrected chi connectivity index (χ2v) is 5.81. The van der Waals surface area contributed by atoms with Gasteiger partial charge in [0.1, 0.15) is 5.82 Å². The van der Waals surface area contributed by atoms with Crippen LogP contribution >= 0.6 is 0 Å². The molecule has 0 amide bonds. The lowest BCUT2D eigenvalue weighted by Crippen LogP contribution is -2.02. The lowest BCUT2D eigenvalue weighted by atomic mass is 10.2. The minimum absolute atomic E-state index is 0.211. The lowest BCUT2D eigenvalue weighted by molar-refractivity contribution is 0.0697. The highest BCUT2D eigenvalue weighted by molar-refractivity contribution is 5.88. The van der Waals surface area contributed by atoms with E-state index in [0.29, 0.717) is 40.4 Å². The molecule has 3 N–H and O–H groups in total. The molecular formula is C20H20N4O5. The Labute approximate surface area is 167 Å². The van der Waals surface area contributed by atoms with Gasteiger partial charge in [-0.3, -0.25) is 0 Å². The molecule has 0 saturated carbocycles. The zero-order valence-electron chi connectivity index (χ0n) is 16.1. The summed E-state index contributed by atoms with van der Waals surface area (Å²) in [5.74, 6) is 1.41. The molecule has 0 unspecified atom stereocenters. The Balaban J connectivity index is 1.80. The van der Waals surface area contributed by atoms with Gasteiger partial charge in [0.05, 0.1) is 26.9 Å². The van der Waals surface area contributed by atoms with Gasteiger partial charge in [0.15, 0.2) is 11.5 Å². The summed E-state index contributed by atoms with van der Waals surface area (Å²) in [4.78, 5) is 19.6. The van der Waals surface area contributed by atoms with Gasteiger partial charge >= 0.3 is 5.97 Å². The van der Waals surface area contributed by atoms with E-state index in [1.807, 2.05) is 0 Å². The van der Waals surface area contributed by atoms with Crippen LogP contribution in [-0.2, 0) is 0 Å². The number of nitrogens with zero attached hydrogens (tertiary/aromatic N) is 2. The molecule has 0 atom stereocenters. The summed E-state index contributed by atoms with van der Waals surface area (Å²) in [5.41, 5.74) is 1.57. The number of carboxylic acids is 1. The van der Waals surface area contributed by atoms with Crippen LogP contribution in [0.5, 0.6) is 17.2 Å². The molecular weight excluding hydrogens is 376 g/mol. The van der Waals surface area contributed by atoms with Crippen molar-refractivity contribution < 1.29 is 24.1 Å². The van der Waals surface area contributed by atoms with Gasteiger partial charge in [-0.1, -0.05) is 0 Å². The average molecular weight is 396 g/mol. The second kappa shape index (κ2) is 8.79. The van der Waals surface area contributed by atoms with Gasteiger partial charge in [0.2, 0.25) is 11.7 Å². The number of aromatic carboxylic acids is 1. The average Bonchev–Trinajstić information content (AvgIpc) is 2.73. The van der Waals surface area contributed by atoms with Crippen LogP contribution in [0.4, 0.5) is 23.1 Å². The summed E-state index contributed by atoms with van der Waals surface area (Å²) in [6, 6.07) is 11.5. The van der Waals surface area contributed by atoms with E-state index in [-0.39, 0.29) is 5.56 Å². The molecule has 2 aromatic carbocycles. The highest BCUT2D eigenvalue weighted by Crippen LogP contribution is 2.40. The van der Waals surface area contributed by atoms with Crippen molar-refractivity contribution in [3.63, 3.8) is 0 Å². The molecule has 0 bridgehead atoms. The van der Waals surface area contributed by atoms with Crippen LogP contribution in [-0.4, -0.2) is 42.4 Å². The number of carbonyl (C=O) groups is 1. The Hall–Kier alpha value is -4.01. The third-order valence-electron chi connectivity index (χ3n) is 3.98. The van der Waals surface area contributed by atoms with Gasteiger partial charge < -0.3 is 30.0 Å². The number of aromatic nitrogens is 2. The fourth-order valence-corrected chi connectivity index (χ4v) is 2.61. The minimum Gasteiger partial charge on any atom is -0.493 e. The summed E-state index contributed by atoms with van der Waals surface area (Å²) >= 11 is 0. The number of hydrogen-bond acceptors (Lipinski definition) is 8. The number of rotatable bonds is 8. The van der Waals surface area contributed by atoms with Crippen molar-refractivity contribution in [2.75, 3.05) is 32.0 Å². The first-order chi connectivity index (χ1) is 14.0. The molecule has 0 aliphatic rings. The molecule has 0 aliphatic carbocycles. The first-order valence-corrected chi connectivity index (χ1v) is 8.54. The molecule has 1 aromatic heterocycles. The number of ether oxygens (including phenoxy) is 3. The number of methoxy groups -OCH3 is 3. The summed E-state index contributed by atoms with van der Waals surface area (Å²) in [7, 11) is 4.62. The van der Waals surface area contributed by atoms with Crippen molar-refractivity contribution >= 4 is 29.1 Å². The number of benzene rings is 2. The zero-order valence-corrected chi connectivity index (χ0v) is 16.1. The van der Waals surface area contributed by atoms with E-state index >= 15 is 0 Å². The fraction of sp³-hybridized carbons (Fsp3) is 0.150. The second-order valence-electron chi connectivity index (χ2n) is 5.81. The zero-order chi connectivity index (χ0) is 20.8. The Bertz CT molecular complexity index is 983. The van der Waals surface area contributed by atoms with Crippen molar-refractivity contribution in [3.05, 3.63) is 54.2 Å². The van der Waals surface area contributed by atoms with Crippen LogP contribution in [0.25, 0.3) is 0 Å². The molecule has 0 saturated heterocycles. The van der Waals surface area contributed by atoms with E-state index in [0.717, 1.165) is 0 Å². The van der Waals surface area contributed by atoms with E-state index in [4.69, 9.17) is 19.3 Å². The standard InChI is InChI=1S/C20H20N4O5/c1-27-15-10-14(11-16(28-2)18(15)29-3)23-20-21-9-8-17(24-20)22-13-6-4-12(5-7-13)19(25)26/h4-11H,1-3H3,(H,25,26)(H2,21,22,23,24). The van der Waals surface area contributed by atoms with Crippen LogP contribution in [0.3, 0.4) is 0 Å². The number of carboxylic acid groups (broad SMARTS) is 1. The van der Waals surface area contributed by atoms with Crippen molar-refractivity contribution in [1.82, 2.24) is 9.97 Å². The van der Waals surface area contributed by atoms with Gasteiger partial charge in [-0.2, -0.15) is 4.98 Å². The number of nitrogens with one attached hydrogen (secondary N) is 2. The third kappa shape index (κ3) is 4.64. The van der Waals surface area contributed by atoms with Crippen molar-refractivity contribution in [3.8, 4) is 17.2 Å². The Morgan fingerprint density at radius 3 is 2.10 bits per heavy atom. The fourth-order valence-electron chi connectivity index (χ4n) is 2.61. The van der Waals surface area contributed by atoms with Gasteiger partial charge in [0.25, 0.3) is 0 Å². The third-order valence-corrected chi connectivity index (χ3v) is 3.98. The van der Waals surface area contributed by atoms with Gasteiger partial charge in [-0.25, -0.2) is 9.78 Å². The van der Waals surface area contributed by atoms with Crippen molar-refractivity contribution in [2.24, 2.45) is 0 Å². The van der Waals surface area contributed by atoms with Crippen molar-refractivity contribution in [2.45, 2.75) is 0 Å². The number of anilines is 4. The molecule has 1 heterocycles. The topological polar surface area (TPSA) is 115 Å². The van der Waals surface area contributed by atoms with Crippen LogP contribution < -0.4 is 24.8 Å². The van der Waals surface area contributed by atoms with E-state index in [9.17, 15) is 4.79 Å². The van der Waals surface area contributed by atoms with Crippen LogP contribution in [0, 0.1) is 0 Å². The Morgan fingerprint density at radius 2 is 1.55 bits per heavy atom. The smallest absolute Gasteiger partial charge is 0.335 e. The molecule has 3 rings (SSSR count). The van der Waals surface area contributed by atoms with Gasteiger partial charge in [-0.05, 0) is 30.3 Å². The maximum absolute atomic E-state index is 10.9. The first kappa shape index (κ1) is 19.7. The normalized spacial score (nSPS) is 10.2. The van der Waals surface area contributed by atoms with Gasteiger partial charge in [-0.15, -0.1) is 0 Å². The summed E-state index contributed by atoms with van der Waals surface area (Å²) in [5, 5.41) is 15.2. The molecule has 150 valence electrons. The summed E-state index contributed by atoms with van der Waals surface area (Å²) in [6.45, 7) is 0. The molecule has 0 aliphatic heterocycles. The van der Waals surface area contributed by atoms with E-state index in [1.54, 1.807) is 36.5 Å². The van der Waals surface area contributed by atoms with Crippen LogP contribution in [0.2, 0.25) is 0 Å². The molecule has 0 radical (unpaired) electrons. The first-order valence-electron chi connectivity index (χ1n) is 8.54. The predicted octanol–water partition coefficient (Wildman–Crippen LogP) is 3.69. The van der Waals surface area contributed by atoms with E-state index in [1.165, 1.54) is 33.5 Å². The largest absolute Gasteiger partial charge is 0.493 e. The maximum atomic E-state index is 10.9. The molecule has 29 heavy (non-hydrogen) atoms. The number of hydrogen-bond donors (Lipinski definition) is 3. The molecule has 0 spiro atoms. The highest BCUT2D eigenvalue weighted by Gasteiger charge is 2.14. The molecule has 0 fully saturated rings. The Morgan fingerprint density at radius 1 is 0.897 bits per heavy atom. The SMILES string of the molecule is COc1cc(Nc2nccc(Nc3ccc(C(=O)O)cc3)n2)cc(OC)c1OC. The lowest BCUT2D eigenvalue weighted by Gasteiger charge is -2.15. The highest BCUT2D eigenvalue weighted by atomic mass is 16.5. The monoisotopic (exact) mass is 396 g/mol. The predicted molar refractivity (Wildman–Crippen MR) is 108 cm³/mol. The summed E-state index contributed by atoms with van der Waals surface area (Å²) < 4.78 is 16.0. The summed E-state index contributed by atoms with van der Waals surface area (Å²) in [6.07, 6.45) is 1.60. The molecule has 9 nitrogen and oxygen atoms in total. The van der Waals surface area contributed by atoms with E-state index in [2.05, 4.69) is 20.6 Å². The van der Waals surface area contributed by atoms with Gasteiger partial charge in [0, 0.05) is 29.7 Å². The quantitative estimate of drug-likeness (QED) is 0.524. The maximum Gasteiger partial charge on any atom is 0.335 e. The molecule has 9 heteroatoms. The Kier molecular flexibility index (Phi) is 5.98. The molecule has 3 aromatic rings.